The Morgan fingerprint density at radius 1 is 0.810 bits per heavy atom. The van der Waals surface area contributed by atoms with E-state index >= 15 is 0 Å². The van der Waals surface area contributed by atoms with E-state index in [1.54, 1.807) is 0 Å². The number of aromatic nitrogens is 2. The average molecular weight is 292 g/mol. The van der Waals surface area contributed by atoms with Crippen molar-refractivity contribution in [3.63, 3.8) is 0 Å². The third-order valence-electron chi connectivity index (χ3n) is 3.44. The second-order valence-corrected chi connectivity index (χ2v) is 5.53. The van der Waals surface area contributed by atoms with Crippen LogP contribution in [-0.2, 0) is 6.42 Å². The number of rotatable bonds is 12. The molecule has 1 aromatic heterocycles. The molecule has 0 aliphatic heterocycles. The molecule has 1 aromatic rings. The molecule has 0 amide bonds. The maximum Gasteiger partial charge on any atom is 0.133 e. The normalized spacial score (nSPS) is 10.6. The maximum atomic E-state index is 4.59. The molecule has 0 radical (unpaired) electrons. The summed E-state index contributed by atoms with van der Waals surface area (Å²) >= 11 is 0. The van der Waals surface area contributed by atoms with Crippen LogP contribution >= 0.6 is 0 Å². The lowest BCUT2D eigenvalue weighted by Gasteiger charge is -2.10. The molecule has 4 nitrogen and oxygen atoms in total. The Bertz CT molecular complexity index is 355. The molecule has 21 heavy (non-hydrogen) atoms. The van der Waals surface area contributed by atoms with Crippen molar-refractivity contribution in [2.24, 2.45) is 0 Å². The zero-order chi connectivity index (χ0) is 15.3. The van der Waals surface area contributed by atoms with Crippen LogP contribution < -0.4 is 10.6 Å². The number of hydrogen-bond acceptors (Lipinski definition) is 4. The average Bonchev–Trinajstić information content (AvgIpc) is 2.47. The van der Waals surface area contributed by atoms with Crippen LogP contribution in [0.5, 0.6) is 0 Å². The molecule has 0 spiro atoms. The predicted octanol–water partition coefficient (Wildman–Crippen LogP) is 4.63. The Hall–Kier alpha value is -1.32. The van der Waals surface area contributed by atoms with Crippen molar-refractivity contribution in [2.75, 3.05) is 23.7 Å². The minimum Gasteiger partial charge on any atom is -0.370 e. The lowest BCUT2D eigenvalue weighted by Crippen LogP contribution is -2.09. The largest absolute Gasteiger partial charge is 0.370 e. The first-order chi connectivity index (χ1) is 10.3. The third kappa shape index (κ3) is 7.88. The zero-order valence-electron chi connectivity index (χ0n) is 14.0. The minimum absolute atomic E-state index is 0.888. The molecule has 0 saturated carbocycles. The van der Waals surface area contributed by atoms with E-state index in [0.29, 0.717) is 0 Å². The first-order valence-electron chi connectivity index (χ1n) is 8.65. The maximum absolute atomic E-state index is 4.59. The summed E-state index contributed by atoms with van der Waals surface area (Å²) in [7, 11) is 0. The van der Waals surface area contributed by atoms with E-state index in [9.17, 15) is 0 Å². The lowest BCUT2D eigenvalue weighted by atomic mass is 10.1. The molecule has 120 valence electrons. The fraction of sp³-hybridized carbons (Fsp3) is 0.765. The van der Waals surface area contributed by atoms with Gasteiger partial charge in [-0.1, -0.05) is 46.0 Å². The number of hydrogen-bond donors (Lipinski definition) is 2. The van der Waals surface area contributed by atoms with Crippen molar-refractivity contribution in [2.45, 2.75) is 72.1 Å². The van der Waals surface area contributed by atoms with E-state index in [4.69, 9.17) is 0 Å². The summed E-state index contributed by atoms with van der Waals surface area (Å²) < 4.78 is 0. The molecule has 0 unspecified atom stereocenters. The van der Waals surface area contributed by atoms with Crippen LogP contribution in [-0.4, -0.2) is 23.1 Å². The van der Waals surface area contributed by atoms with Gasteiger partial charge >= 0.3 is 0 Å². The van der Waals surface area contributed by atoms with Gasteiger partial charge in [-0.15, -0.1) is 0 Å². The van der Waals surface area contributed by atoms with E-state index in [2.05, 4.69) is 41.4 Å². The van der Waals surface area contributed by atoms with Gasteiger partial charge in [0.15, 0.2) is 0 Å². The molecule has 0 saturated heterocycles. The van der Waals surface area contributed by atoms with Crippen molar-refractivity contribution in [1.82, 2.24) is 9.97 Å². The number of anilines is 2. The highest BCUT2D eigenvalue weighted by atomic mass is 15.1. The van der Waals surface area contributed by atoms with Gasteiger partial charge in [-0.3, -0.25) is 0 Å². The smallest absolute Gasteiger partial charge is 0.133 e. The highest BCUT2D eigenvalue weighted by Gasteiger charge is 2.03. The van der Waals surface area contributed by atoms with Crippen LogP contribution in [0.15, 0.2) is 6.07 Å². The summed E-state index contributed by atoms with van der Waals surface area (Å²) in [5, 5.41) is 6.72. The molecular weight excluding hydrogens is 260 g/mol. The number of unbranched alkanes of at least 4 members (excludes halogenated alkanes) is 5. The summed E-state index contributed by atoms with van der Waals surface area (Å²) in [6.45, 7) is 8.39. The van der Waals surface area contributed by atoms with Gasteiger partial charge < -0.3 is 10.6 Å². The summed E-state index contributed by atoms with van der Waals surface area (Å²) in [5.74, 6) is 2.82. The van der Waals surface area contributed by atoms with Crippen LogP contribution in [0.4, 0.5) is 11.6 Å². The highest BCUT2D eigenvalue weighted by Crippen LogP contribution is 2.13. The summed E-state index contributed by atoms with van der Waals surface area (Å²) in [6, 6.07) is 2.01. The molecule has 0 atom stereocenters. The molecule has 2 N–H and O–H groups in total. The van der Waals surface area contributed by atoms with Gasteiger partial charge in [0, 0.05) is 25.6 Å². The molecule has 1 rings (SSSR count). The molecule has 0 bridgehead atoms. The van der Waals surface area contributed by atoms with E-state index in [1.807, 2.05) is 6.07 Å². The summed E-state index contributed by atoms with van der Waals surface area (Å²) in [4.78, 5) is 9.12. The third-order valence-corrected chi connectivity index (χ3v) is 3.44. The van der Waals surface area contributed by atoms with Crippen molar-refractivity contribution >= 4 is 11.6 Å². The van der Waals surface area contributed by atoms with Gasteiger partial charge in [-0.2, -0.15) is 0 Å². The van der Waals surface area contributed by atoms with Gasteiger partial charge in [0.2, 0.25) is 0 Å². The van der Waals surface area contributed by atoms with E-state index in [-0.39, 0.29) is 0 Å². The second kappa shape index (κ2) is 11.4. The Kier molecular flexibility index (Phi) is 9.58. The molecule has 0 aromatic carbocycles. The van der Waals surface area contributed by atoms with Crippen LogP contribution in [0, 0.1) is 0 Å². The van der Waals surface area contributed by atoms with Crippen molar-refractivity contribution < 1.29 is 0 Å². The minimum atomic E-state index is 0.888. The highest BCUT2D eigenvalue weighted by molar-refractivity contribution is 5.47. The fourth-order valence-electron chi connectivity index (χ4n) is 2.32. The number of nitrogens with one attached hydrogen (secondary N) is 2. The van der Waals surface area contributed by atoms with Gasteiger partial charge in [0.05, 0.1) is 0 Å². The van der Waals surface area contributed by atoms with E-state index in [0.717, 1.165) is 43.4 Å². The van der Waals surface area contributed by atoms with Crippen LogP contribution in [0.2, 0.25) is 0 Å². The molecule has 4 heteroatoms. The molecule has 0 fully saturated rings. The molecular formula is C17H32N4. The van der Waals surface area contributed by atoms with Gasteiger partial charge in [0.1, 0.15) is 17.5 Å². The zero-order valence-corrected chi connectivity index (χ0v) is 14.0. The standard InChI is InChI=1S/C17H32N4/c1-4-7-8-9-10-11-13-19-17-14-16(18-6-3)20-15(21-17)12-5-2/h14H,4-13H2,1-3H3,(H2,18,19,20,21). The predicted molar refractivity (Wildman–Crippen MR) is 92.1 cm³/mol. The van der Waals surface area contributed by atoms with E-state index in [1.165, 1.54) is 38.5 Å². The number of aryl methyl sites for hydroxylation is 1. The SMILES string of the molecule is CCCCCCCCNc1cc(NCC)nc(CCC)n1. The van der Waals surface area contributed by atoms with Gasteiger partial charge in [-0.05, 0) is 19.8 Å². The Morgan fingerprint density at radius 2 is 1.48 bits per heavy atom. The second-order valence-electron chi connectivity index (χ2n) is 5.53. The first kappa shape index (κ1) is 17.7. The quantitative estimate of drug-likeness (QED) is 0.551. The van der Waals surface area contributed by atoms with Crippen LogP contribution in [0.3, 0.4) is 0 Å². The monoisotopic (exact) mass is 292 g/mol. The van der Waals surface area contributed by atoms with Crippen molar-refractivity contribution in [3.05, 3.63) is 11.9 Å². The van der Waals surface area contributed by atoms with Crippen molar-refractivity contribution in [3.8, 4) is 0 Å². The molecule has 0 aliphatic carbocycles. The summed E-state index contributed by atoms with van der Waals surface area (Å²) in [6.07, 6.45) is 9.93. The van der Waals surface area contributed by atoms with Crippen molar-refractivity contribution in [1.29, 1.82) is 0 Å². The van der Waals surface area contributed by atoms with Gasteiger partial charge in [0.25, 0.3) is 0 Å². The van der Waals surface area contributed by atoms with Gasteiger partial charge in [-0.25, -0.2) is 9.97 Å². The molecule has 0 aliphatic rings. The van der Waals surface area contributed by atoms with Crippen LogP contribution in [0.25, 0.3) is 0 Å². The fourth-order valence-corrected chi connectivity index (χ4v) is 2.32. The topological polar surface area (TPSA) is 49.8 Å². The Morgan fingerprint density at radius 3 is 2.14 bits per heavy atom. The first-order valence-corrected chi connectivity index (χ1v) is 8.65. The molecule has 1 heterocycles. The Labute approximate surface area is 130 Å². The van der Waals surface area contributed by atoms with E-state index < -0.39 is 0 Å². The van der Waals surface area contributed by atoms with Crippen LogP contribution in [0.1, 0.15) is 71.5 Å². The lowest BCUT2D eigenvalue weighted by molar-refractivity contribution is 0.616. The number of nitrogens with zero attached hydrogens (tertiary/aromatic N) is 2. The Balaban J connectivity index is 2.38. The summed E-state index contributed by atoms with van der Waals surface area (Å²) in [5.41, 5.74) is 0.